The summed E-state index contributed by atoms with van der Waals surface area (Å²) in [6, 6.07) is 12.6. The van der Waals surface area contributed by atoms with Crippen molar-refractivity contribution >= 4 is 34.8 Å². The molecule has 5 heteroatoms. The van der Waals surface area contributed by atoms with Crippen LogP contribution in [0.1, 0.15) is 19.4 Å². The Morgan fingerprint density at radius 3 is 2.27 bits per heavy atom. The summed E-state index contributed by atoms with van der Waals surface area (Å²) in [6.45, 7) is 3.75. The van der Waals surface area contributed by atoms with Crippen molar-refractivity contribution in [1.29, 1.82) is 0 Å². The summed E-state index contributed by atoms with van der Waals surface area (Å²) in [6.07, 6.45) is 0.295. The highest BCUT2D eigenvalue weighted by Crippen LogP contribution is 2.25. The van der Waals surface area contributed by atoms with Gasteiger partial charge in [0.2, 0.25) is 0 Å². The number of hydrogen-bond acceptors (Lipinski definition) is 2. The van der Waals surface area contributed by atoms with Crippen molar-refractivity contribution in [2.45, 2.75) is 26.4 Å². The quantitative estimate of drug-likeness (QED) is 0.837. The van der Waals surface area contributed by atoms with Gasteiger partial charge in [0.05, 0.1) is 0 Å². The molecule has 0 unspecified atom stereocenters. The van der Waals surface area contributed by atoms with Crippen molar-refractivity contribution in [3.8, 4) is 5.75 Å². The Kier molecular flexibility index (Phi) is 5.69. The van der Waals surface area contributed by atoms with Crippen LogP contribution in [-0.4, -0.2) is 12.0 Å². The van der Waals surface area contributed by atoms with E-state index >= 15 is 0 Å². The van der Waals surface area contributed by atoms with E-state index in [0.29, 0.717) is 15.8 Å². The summed E-state index contributed by atoms with van der Waals surface area (Å²) in [7, 11) is 0. The first-order valence-corrected chi connectivity index (χ1v) is 7.76. The van der Waals surface area contributed by atoms with Crippen LogP contribution in [0.15, 0.2) is 42.5 Å². The lowest BCUT2D eigenvalue weighted by molar-refractivity contribution is -0.122. The second-order valence-corrected chi connectivity index (χ2v) is 5.78. The number of aryl methyl sites for hydroxylation is 1. The highest BCUT2D eigenvalue weighted by atomic mass is 35.5. The number of anilines is 1. The molecule has 2 aromatic rings. The molecule has 0 bridgehead atoms. The smallest absolute Gasteiger partial charge is 0.265 e. The Bertz CT molecular complexity index is 636. The third-order valence-corrected chi connectivity index (χ3v) is 3.58. The molecule has 3 nitrogen and oxygen atoms in total. The zero-order valence-corrected chi connectivity index (χ0v) is 13.9. The lowest BCUT2D eigenvalue weighted by atomic mass is 10.1. The molecule has 0 saturated carbocycles. The third kappa shape index (κ3) is 4.65. The van der Waals surface area contributed by atoms with Crippen LogP contribution >= 0.6 is 23.2 Å². The molecule has 2 aromatic carbocycles. The number of carbonyl (C=O) groups is 1. The molecule has 22 heavy (non-hydrogen) atoms. The molecule has 0 aliphatic rings. The molecule has 2 rings (SSSR count). The van der Waals surface area contributed by atoms with Gasteiger partial charge in [-0.2, -0.15) is 0 Å². The molecule has 0 aliphatic carbocycles. The highest BCUT2D eigenvalue weighted by Gasteiger charge is 2.15. The summed E-state index contributed by atoms with van der Waals surface area (Å²) in [5, 5.41) is 3.74. The molecule has 1 N–H and O–H groups in total. The minimum atomic E-state index is -0.666. The summed E-state index contributed by atoms with van der Waals surface area (Å²) >= 11 is 11.8. The fraction of sp³-hybridized carbons (Fsp3) is 0.235. The van der Waals surface area contributed by atoms with Crippen LogP contribution in [0, 0.1) is 0 Å². The minimum Gasteiger partial charge on any atom is -0.481 e. The second-order valence-electron chi connectivity index (χ2n) is 4.90. The second kappa shape index (κ2) is 7.52. The maximum absolute atomic E-state index is 12.1. The van der Waals surface area contributed by atoms with Gasteiger partial charge in [0.1, 0.15) is 5.75 Å². The topological polar surface area (TPSA) is 38.3 Å². The maximum atomic E-state index is 12.1. The van der Waals surface area contributed by atoms with E-state index in [-0.39, 0.29) is 5.91 Å². The first-order chi connectivity index (χ1) is 10.5. The monoisotopic (exact) mass is 337 g/mol. The summed E-state index contributed by atoms with van der Waals surface area (Å²) in [5.41, 5.74) is 1.96. The first-order valence-electron chi connectivity index (χ1n) is 7.00. The Labute approximate surface area is 140 Å². The van der Waals surface area contributed by atoms with Crippen molar-refractivity contribution in [2.75, 3.05) is 5.32 Å². The maximum Gasteiger partial charge on any atom is 0.265 e. The first kappa shape index (κ1) is 16.7. The Morgan fingerprint density at radius 1 is 1.14 bits per heavy atom. The largest absolute Gasteiger partial charge is 0.481 e. The van der Waals surface area contributed by atoms with E-state index in [4.69, 9.17) is 27.9 Å². The van der Waals surface area contributed by atoms with Crippen LogP contribution in [-0.2, 0) is 11.2 Å². The lowest BCUT2D eigenvalue weighted by Crippen LogP contribution is -2.30. The average molecular weight is 338 g/mol. The number of rotatable bonds is 5. The highest BCUT2D eigenvalue weighted by molar-refractivity contribution is 6.34. The molecular formula is C17H17Cl2NO2. The molecule has 0 spiro atoms. The molecule has 0 fully saturated rings. The number of nitrogens with one attached hydrogen (secondary N) is 1. The Hall–Kier alpha value is -1.71. The fourth-order valence-electron chi connectivity index (χ4n) is 1.92. The molecule has 1 amide bonds. The van der Waals surface area contributed by atoms with E-state index in [1.165, 1.54) is 5.56 Å². The SMILES string of the molecule is CCc1ccc(NC(=O)[C@H](C)Oc2cc(Cl)cc(Cl)c2)cc1. The van der Waals surface area contributed by atoms with E-state index in [2.05, 4.69) is 12.2 Å². The van der Waals surface area contributed by atoms with Crippen LogP contribution in [0.25, 0.3) is 0 Å². The Balaban J connectivity index is 1.99. The summed E-state index contributed by atoms with van der Waals surface area (Å²) < 4.78 is 5.57. The van der Waals surface area contributed by atoms with Crippen molar-refractivity contribution in [2.24, 2.45) is 0 Å². The van der Waals surface area contributed by atoms with Gasteiger partial charge >= 0.3 is 0 Å². The summed E-state index contributed by atoms with van der Waals surface area (Å²) in [5.74, 6) is 0.224. The number of ether oxygens (including phenoxy) is 1. The predicted molar refractivity (Wildman–Crippen MR) is 91.0 cm³/mol. The molecular weight excluding hydrogens is 321 g/mol. The van der Waals surface area contributed by atoms with Gasteiger partial charge in [0.25, 0.3) is 5.91 Å². The molecule has 0 radical (unpaired) electrons. The van der Waals surface area contributed by atoms with Gasteiger partial charge in [0, 0.05) is 15.7 Å². The number of hydrogen-bond donors (Lipinski definition) is 1. The van der Waals surface area contributed by atoms with Gasteiger partial charge in [0.15, 0.2) is 6.10 Å². The fourth-order valence-corrected chi connectivity index (χ4v) is 2.43. The normalized spacial score (nSPS) is 11.8. The standard InChI is InChI=1S/C17H17Cl2NO2/c1-3-12-4-6-15(7-5-12)20-17(21)11(2)22-16-9-13(18)8-14(19)10-16/h4-11H,3H2,1-2H3,(H,20,21)/t11-/m0/s1. The molecule has 0 saturated heterocycles. The van der Waals surface area contributed by atoms with Crippen molar-refractivity contribution < 1.29 is 9.53 Å². The molecule has 0 aliphatic heterocycles. The van der Waals surface area contributed by atoms with Gasteiger partial charge in [-0.3, -0.25) is 4.79 Å². The van der Waals surface area contributed by atoms with Gasteiger partial charge in [-0.1, -0.05) is 42.3 Å². The van der Waals surface area contributed by atoms with Gasteiger partial charge < -0.3 is 10.1 Å². The van der Waals surface area contributed by atoms with E-state index < -0.39 is 6.10 Å². The number of amides is 1. The van der Waals surface area contributed by atoms with E-state index in [1.54, 1.807) is 25.1 Å². The van der Waals surface area contributed by atoms with Crippen molar-refractivity contribution in [3.63, 3.8) is 0 Å². The van der Waals surface area contributed by atoms with Crippen LogP contribution in [0.2, 0.25) is 10.0 Å². The molecule has 0 aromatic heterocycles. The van der Waals surface area contributed by atoms with E-state index in [1.807, 2.05) is 24.3 Å². The number of carbonyl (C=O) groups excluding carboxylic acids is 1. The van der Waals surface area contributed by atoms with Crippen LogP contribution in [0.3, 0.4) is 0 Å². The van der Waals surface area contributed by atoms with Crippen molar-refractivity contribution in [3.05, 3.63) is 58.1 Å². The Morgan fingerprint density at radius 2 is 1.73 bits per heavy atom. The third-order valence-electron chi connectivity index (χ3n) is 3.15. The van der Waals surface area contributed by atoms with E-state index in [0.717, 1.165) is 12.1 Å². The molecule has 116 valence electrons. The van der Waals surface area contributed by atoms with Gasteiger partial charge in [-0.25, -0.2) is 0 Å². The zero-order chi connectivity index (χ0) is 16.1. The van der Waals surface area contributed by atoms with Gasteiger partial charge in [-0.05, 0) is 49.2 Å². The average Bonchev–Trinajstić information content (AvgIpc) is 2.46. The predicted octanol–water partition coefficient (Wildman–Crippen LogP) is 4.96. The van der Waals surface area contributed by atoms with Crippen LogP contribution < -0.4 is 10.1 Å². The number of halogens is 2. The molecule has 0 heterocycles. The number of benzene rings is 2. The van der Waals surface area contributed by atoms with Gasteiger partial charge in [-0.15, -0.1) is 0 Å². The zero-order valence-electron chi connectivity index (χ0n) is 12.4. The van der Waals surface area contributed by atoms with E-state index in [9.17, 15) is 4.79 Å². The van der Waals surface area contributed by atoms with Crippen LogP contribution in [0.5, 0.6) is 5.75 Å². The van der Waals surface area contributed by atoms with Crippen LogP contribution in [0.4, 0.5) is 5.69 Å². The summed E-state index contributed by atoms with van der Waals surface area (Å²) in [4.78, 5) is 12.1. The lowest BCUT2D eigenvalue weighted by Gasteiger charge is -2.15. The molecule has 1 atom stereocenters. The minimum absolute atomic E-state index is 0.236. The van der Waals surface area contributed by atoms with Crippen molar-refractivity contribution in [1.82, 2.24) is 0 Å².